The maximum atomic E-state index is 12.9. The van der Waals surface area contributed by atoms with Crippen molar-refractivity contribution in [3.8, 4) is 0 Å². The van der Waals surface area contributed by atoms with Gasteiger partial charge in [-0.25, -0.2) is 0 Å². The van der Waals surface area contributed by atoms with E-state index in [-0.39, 0.29) is 36.5 Å². The lowest BCUT2D eigenvalue weighted by Gasteiger charge is -2.35. The van der Waals surface area contributed by atoms with Gasteiger partial charge in [0.1, 0.15) is 6.10 Å². The van der Waals surface area contributed by atoms with Gasteiger partial charge in [-0.05, 0) is 30.5 Å². The van der Waals surface area contributed by atoms with Crippen LogP contribution in [0, 0.1) is 5.92 Å². The molecule has 2 N–H and O–H groups in total. The molecule has 0 bridgehead atoms. The Hall–Kier alpha value is -1.07. The number of alkyl halides is 3. The second-order valence-electron chi connectivity index (χ2n) is 6.41. The van der Waals surface area contributed by atoms with E-state index in [4.69, 9.17) is 9.84 Å². The van der Waals surface area contributed by atoms with Crippen molar-refractivity contribution in [3.63, 3.8) is 0 Å². The number of rotatable bonds is 5. The van der Waals surface area contributed by atoms with Crippen LogP contribution in [-0.2, 0) is 10.9 Å². The average molecular weight is 501 g/mol. The molecule has 1 aliphatic heterocycles. The molecular formula is C18H27F3IN3O2. The van der Waals surface area contributed by atoms with Crippen LogP contribution < -0.4 is 5.32 Å². The Labute approximate surface area is 175 Å². The summed E-state index contributed by atoms with van der Waals surface area (Å²) in [6, 6.07) is 5.27. The molecule has 0 amide bonds. The summed E-state index contributed by atoms with van der Waals surface area (Å²) < 4.78 is 44.6. The highest BCUT2D eigenvalue weighted by Crippen LogP contribution is 2.32. The van der Waals surface area contributed by atoms with E-state index in [1.165, 1.54) is 6.07 Å². The monoisotopic (exact) mass is 501 g/mol. The lowest BCUT2D eigenvalue weighted by Crippen LogP contribution is -2.48. The van der Waals surface area contributed by atoms with Gasteiger partial charge in [-0.2, -0.15) is 13.2 Å². The summed E-state index contributed by atoms with van der Waals surface area (Å²) in [5.41, 5.74) is -0.169. The van der Waals surface area contributed by atoms with Crippen molar-refractivity contribution in [2.24, 2.45) is 10.9 Å². The lowest BCUT2D eigenvalue weighted by molar-refractivity contribution is -0.137. The maximum Gasteiger partial charge on any atom is 0.416 e. The smallest absolute Gasteiger partial charge is 0.396 e. The Morgan fingerprint density at radius 2 is 2.19 bits per heavy atom. The number of benzene rings is 1. The van der Waals surface area contributed by atoms with Gasteiger partial charge >= 0.3 is 6.18 Å². The number of nitrogens with one attached hydrogen (secondary N) is 1. The number of aliphatic hydroxyl groups excluding tert-OH is 1. The number of ether oxygens (including phenoxy) is 1. The standard InChI is InChI=1S/C18H26F3N3O2.HI/c1-3-22-17(23-10-13(2)12-25)24-7-8-26-16(11-24)14-5-4-6-15(9-14)18(19,20)21;/h4-6,9,13,16,25H,3,7-8,10-12H2,1-2H3,(H,22,23);1H. The molecule has 1 aliphatic rings. The van der Waals surface area contributed by atoms with Crippen LogP contribution in [0.2, 0.25) is 0 Å². The minimum absolute atomic E-state index is 0. The third kappa shape index (κ3) is 7.11. The van der Waals surface area contributed by atoms with Gasteiger partial charge in [-0.1, -0.05) is 19.1 Å². The number of guanidine groups is 1. The van der Waals surface area contributed by atoms with Gasteiger partial charge in [0.2, 0.25) is 0 Å². The Morgan fingerprint density at radius 3 is 2.81 bits per heavy atom. The third-order valence-electron chi connectivity index (χ3n) is 4.15. The van der Waals surface area contributed by atoms with Gasteiger partial charge in [-0.3, -0.25) is 4.99 Å². The molecule has 9 heteroatoms. The summed E-state index contributed by atoms with van der Waals surface area (Å²) in [4.78, 5) is 6.52. The summed E-state index contributed by atoms with van der Waals surface area (Å²) in [6.07, 6.45) is -4.83. The van der Waals surface area contributed by atoms with E-state index in [1.54, 1.807) is 6.07 Å². The predicted octanol–water partition coefficient (Wildman–Crippen LogP) is 3.29. The number of morpholine rings is 1. The van der Waals surface area contributed by atoms with E-state index in [2.05, 4.69) is 10.3 Å². The van der Waals surface area contributed by atoms with Crippen LogP contribution in [0.5, 0.6) is 0 Å². The van der Waals surface area contributed by atoms with E-state index in [9.17, 15) is 13.2 Å². The van der Waals surface area contributed by atoms with Crippen molar-refractivity contribution in [2.75, 3.05) is 39.4 Å². The molecule has 0 aromatic heterocycles. The molecule has 0 aliphatic carbocycles. The van der Waals surface area contributed by atoms with Gasteiger partial charge in [0, 0.05) is 26.2 Å². The lowest BCUT2D eigenvalue weighted by atomic mass is 10.0. The minimum atomic E-state index is -4.37. The van der Waals surface area contributed by atoms with E-state index >= 15 is 0 Å². The highest BCUT2D eigenvalue weighted by atomic mass is 127. The maximum absolute atomic E-state index is 12.9. The van der Waals surface area contributed by atoms with Crippen LogP contribution in [0.4, 0.5) is 13.2 Å². The molecule has 2 unspecified atom stereocenters. The highest BCUT2D eigenvalue weighted by Gasteiger charge is 2.32. The second-order valence-corrected chi connectivity index (χ2v) is 6.41. The summed E-state index contributed by atoms with van der Waals surface area (Å²) in [5.74, 6) is 0.733. The van der Waals surface area contributed by atoms with Crippen LogP contribution >= 0.6 is 24.0 Å². The Morgan fingerprint density at radius 1 is 1.44 bits per heavy atom. The third-order valence-corrected chi connectivity index (χ3v) is 4.15. The first-order valence-electron chi connectivity index (χ1n) is 8.78. The molecule has 1 aromatic carbocycles. The molecule has 27 heavy (non-hydrogen) atoms. The molecule has 0 spiro atoms. The number of aliphatic hydroxyl groups is 1. The van der Waals surface area contributed by atoms with Crippen molar-refractivity contribution in [1.29, 1.82) is 0 Å². The first-order chi connectivity index (χ1) is 12.3. The summed E-state index contributed by atoms with van der Waals surface area (Å²) in [7, 11) is 0. The fourth-order valence-corrected chi connectivity index (χ4v) is 2.68. The van der Waals surface area contributed by atoms with Gasteiger partial charge in [0.05, 0.1) is 18.7 Å². The van der Waals surface area contributed by atoms with Crippen LogP contribution in [0.25, 0.3) is 0 Å². The SMILES string of the molecule is CCNC(=NCC(C)CO)N1CCOC(c2cccc(C(F)(F)F)c2)C1.I. The number of hydrogen-bond acceptors (Lipinski definition) is 3. The molecule has 1 aromatic rings. The predicted molar refractivity (Wildman–Crippen MR) is 109 cm³/mol. The van der Waals surface area contributed by atoms with Crippen LogP contribution in [-0.4, -0.2) is 55.4 Å². The Bertz CT molecular complexity index is 614. The number of nitrogens with zero attached hydrogens (tertiary/aromatic N) is 2. The van der Waals surface area contributed by atoms with Crippen LogP contribution in [0.1, 0.15) is 31.1 Å². The van der Waals surface area contributed by atoms with Gasteiger partial charge in [-0.15, -0.1) is 24.0 Å². The fourth-order valence-electron chi connectivity index (χ4n) is 2.68. The first kappa shape index (κ1) is 24.0. The molecule has 1 saturated heterocycles. The first-order valence-corrected chi connectivity index (χ1v) is 8.78. The highest BCUT2D eigenvalue weighted by molar-refractivity contribution is 14.0. The molecular weight excluding hydrogens is 474 g/mol. The second kappa shape index (κ2) is 11.1. The van der Waals surface area contributed by atoms with Gasteiger partial charge in [0.15, 0.2) is 5.96 Å². The Kier molecular flexibility index (Phi) is 9.82. The summed E-state index contributed by atoms with van der Waals surface area (Å²) in [6.45, 7) is 6.49. The van der Waals surface area contributed by atoms with Gasteiger partial charge < -0.3 is 20.1 Å². The summed E-state index contributed by atoms with van der Waals surface area (Å²) >= 11 is 0. The van der Waals surface area contributed by atoms with Crippen molar-refractivity contribution >= 4 is 29.9 Å². The molecule has 0 radical (unpaired) electrons. The largest absolute Gasteiger partial charge is 0.416 e. The molecule has 2 atom stereocenters. The molecule has 5 nitrogen and oxygen atoms in total. The van der Waals surface area contributed by atoms with Crippen molar-refractivity contribution in [3.05, 3.63) is 35.4 Å². The van der Waals surface area contributed by atoms with E-state index in [1.807, 2.05) is 18.7 Å². The molecule has 154 valence electrons. The quantitative estimate of drug-likeness (QED) is 0.370. The van der Waals surface area contributed by atoms with E-state index in [0.717, 1.165) is 12.1 Å². The zero-order valence-corrected chi connectivity index (χ0v) is 17.8. The topological polar surface area (TPSA) is 57.1 Å². The van der Waals surface area contributed by atoms with Gasteiger partial charge in [0.25, 0.3) is 0 Å². The minimum Gasteiger partial charge on any atom is -0.396 e. The number of aliphatic imine (C=N–C) groups is 1. The number of hydrogen-bond donors (Lipinski definition) is 2. The normalized spacial score (nSPS) is 19.4. The van der Waals surface area contributed by atoms with Crippen LogP contribution in [0.3, 0.4) is 0 Å². The van der Waals surface area contributed by atoms with Crippen molar-refractivity contribution in [2.45, 2.75) is 26.1 Å². The molecule has 0 saturated carbocycles. The Balaban J connectivity index is 0.00000364. The molecule has 1 fully saturated rings. The zero-order chi connectivity index (χ0) is 19.2. The van der Waals surface area contributed by atoms with E-state index < -0.39 is 17.8 Å². The molecule has 1 heterocycles. The summed E-state index contributed by atoms with van der Waals surface area (Å²) in [5, 5.41) is 12.4. The fraction of sp³-hybridized carbons (Fsp3) is 0.611. The zero-order valence-electron chi connectivity index (χ0n) is 15.5. The number of halogens is 4. The van der Waals surface area contributed by atoms with Crippen LogP contribution in [0.15, 0.2) is 29.3 Å². The van der Waals surface area contributed by atoms with Crippen molar-refractivity contribution < 1.29 is 23.0 Å². The average Bonchev–Trinajstić information content (AvgIpc) is 2.64. The van der Waals surface area contributed by atoms with Crippen molar-refractivity contribution in [1.82, 2.24) is 10.2 Å². The molecule has 2 rings (SSSR count). The van der Waals surface area contributed by atoms with E-state index in [0.29, 0.717) is 44.3 Å².